The van der Waals surface area contributed by atoms with Gasteiger partial charge in [0.05, 0.1) is 17.2 Å². The highest BCUT2D eigenvalue weighted by atomic mass is 16.2. The minimum Gasteiger partial charge on any atom is -0.352 e. The summed E-state index contributed by atoms with van der Waals surface area (Å²) in [5.74, 6) is 0.0257. The van der Waals surface area contributed by atoms with Crippen molar-refractivity contribution in [2.45, 2.75) is 76.4 Å². The average molecular weight is 397 g/mol. The fraction of sp³-hybridized carbons (Fsp3) is 0.609. The van der Waals surface area contributed by atoms with Crippen molar-refractivity contribution in [2.75, 3.05) is 13.1 Å². The maximum absolute atomic E-state index is 12.6. The average Bonchev–Trinajstić information content (AvgIpc) is 3.03. The molecule has 1 aliphatic carbocycles. The van der Waals surface area contributed by atoms with E-state index < -0.39 is 0 Å². The van der Waals surface area contributed by atoms with E-state index in [4.69, 9.17) is 0 Å². The number of nitrogens with one attached hydrogen (secondary N) is 1. The molecule has 0 radical (unpaired) electrons. The first-order valence-electron chi connectivity index (χ1n) is 11.2. The third-order valence-corrected chi connectivity index (χ3v) is 6.47. The van der Waals surface area contributed by atoms with E-state index in [1.165, 1.54) is 38.5 Å². The number of aromatic nitrogens is 2. The van der Waals surface area contributed by atoms with E-state index in [1.54, 1.807) is 17.0 Å². The molecule has 2 fully saturated rings. The zero-order valence-electron chi connectivity index (χ0n) is 17.2. The van der Waals surface area contributed by atoms with Crippen LogP contribution < -0.4 is 10.9 Å². The van der Waals surface area contributed by atoms with E-state index >= 15 is 0 Å². The van der Waals surface area contributed by atoms with Crippen LogP contribution in [0.25, 0.3) is 10.9 Å². The molecule has 1 aliphatic heterocycles. The van der Waals surface area contributed by atoms with Crippen LogP contribution in [0, 0.1) is 0 Å². The number of aryl methyl sites for hydroxylation is 1. The van der Waals surface area contributed by atoms with Crippen LogP contribution in [0.4, 0.5) is 0 Å². The number of nitrogens with zero attached hydrogens (tertiary/aromatic N) is 3. The van der Waals surface area contributed by atoms with E-state index in [9.17, 15) is 9.59 Å². The van der Waals surface area contributed by atoms with Gasteiger partial charge in [-0.25, -0.2) is 4.98 Å². The number of rotatable bonds is 5. The van der Waals surface area contributed by atoms with Crippen molar-refractivity contribution in [3.8, 4) is 0 Å². The Kier molecular flexibility index (Phi) is 6.60. The summed E-state index contributed by atoms with van der Waals surface area (Å²) in [4.78, 5) is 32.0. The van der Waals surface area contributed by atoms with Gasteiger partial charge in [-0.05, 0) is 44.4 Å². The quantitative estimate of drug-likeness (QED) is 0.789. The molecule has 2 heterocycles. The summed E-state index contributed by atoms with van der Waals surface area (Å²) >= 11 is 0. The van der Waals surface area contributed by atoms with E-state index in [1.807, 2.05) is 18.2 Å². The minimum absolute atomic E-state index is 0.0257. The standard InChI is InChI=1S/C23H32N4O2/c28-22(13-15-27-17-24-21-12-6-5-11-20(21)23(27)29)25-18-8-7-14-26(16-18)19-9-3-1-2-4-10-19/h5-6,11-12,17-19H,1-4,7-10,13-16H2,(H,25,28)/t18-/m0/s1. The summed E-state index contributed by atoms with van der Waals surface area (Å²) in [7, 11) is 0. The molecule has 156 valence electrons. The number of hydrogen-bond acceptors (Lipinski definition) is 4. The van der Waals surface area contributed by atoms with Crippen molar-refractivity contribution in [2.24, 2.45) is 0 Å². The Morgan fingerprint density at radius 2 is 1.86 bits per heavy atom. The summed E-state index contributed by atoms with van der Waals surface area (Å²) in [5.41, 5.74) is 0.611. The molecule has 6 nitrogen and oxygen atoms in total. The van der Waals surface area contributed by atoms with Gasteiger partial charge in [-0.1, -0.05) is 37.8 Å². The number of benzene rings is 1. The van der Waals surface area contributed by atoms with E-state index in [0.717, 1.165) is 25.9 Å². The van der Waals surface area contributed by atoms with Crippen molar-refractivity contribution in [1.29, 1.82) is 0 Å². The second-order valence-electron chi connectivity index (χ2n) is 8.56. The van der Waals surface area contributed by atoms with Crippen LogP contribution in [0.5, 0.6) is 0 Å². The summed E-state index contributed by atoms with van der Waals surface area (Å²) < 4.78 is 1.54. The normalized spacial score (nSPS) is 21.7. The summed E-state index contributed by atoms with van der Waals surface area (Å²) in [6.45, 7) is 2.49. The smallest absolute Gasteiger partial charge is 0.261 e. The molecular weight excluding hydrogens is 364 g/mol. The number of likely N-dealkylation sites (tertiary alicyclic amines) is 1. The highest BCUT2D eigenvalue weighted by molar-refractivity contribution is 5.77. The maximum Gasteiger partial charge on any atom is 0.261 e. The molecule has 1 saturated carbocycles. The SMILES string of the molecule is O=C(CCn1cnc2ccccc2c1=O)N[C@H]1CCCN(C2CCCCCC2)C1. The molecule has 0 spiro atoms. The van der Waals surface area contributed by atoms with Crippen LogP contribution in [-0.2, 0) is 11.3 Å². The Hall–Kier alpha value is -2.21. The van der Waals surface area contributed by atoms with E-state index in [0.29, 0.717) is 29.9 Å². The van der Waals surface area contributed by atoms with Crippen molar-refractivity contribution in [3.63, 3.8) is 0 Å². The number of piperidine rings is 1. The number of carbonyl (C=O) groups excluding carboxylic acids is 1. The minimum atomic E-state index is -0.0828. The number of hydrogen-bond donors (Lipinski definition) is 1. The first kappa shape index (κ1) is 20.1. The highest BCUT2D eigenvalue weighted by Crippen LogP contribution is 2.24. The fourth-order valence-corrected chi connectivity index (χ4v) is 4.87. The van der Waals surface area contributed by atoms with Crippen LogP contribution in [0.1, 0.15) is 57.8 Å². The lowest BCUT2D eigenvalue weighted by atomic mass is 10.00. The van der Waals surface area contributed by atoms with E-state index in [2.05, 4.69) is 15.2 Å². The van der Waals surface area contributed by atoms with Crippen LogP contribution in [0.3, 0.4) is 0 Å². The van der Waals surface area contributed by atoms with Gasteiger partial charge in [0.15, 0.2) is 0 Å². The Balaban J connectivity index is 1.30. The van der Waals surface area contributed by atoms with Gasteiger partial charge in [0.1, 0.15) is 0 Å². The molecule has 4 rings (SSSR count). The van der Waals surface area contributed by atoms with Crippen molar-refractivity contribution in [1.82, 2.24) is 19.8 Å². The summed E-state index contributed by atoms with van der Waals surface area (Å²) in [6, 6.07) is 8.24. The van der Waals surface area contributed by atoms with Gasteiger partial charge in [-0.2, -0.15) is 0 Å². The number of fused-ring (bicyclic) bond motifs is 1. The van der Waals surface area contributed by atoms with Gasteiger partial charge in [0, 0.05) is 31.6 Å². The molecule has 29 heavy (non-hydrogen) atoms. The first-order valence-corrected chi connectivity index (χ1v) is 11.2. The second kappa shape index (κ2) is 9.53. The van der Waals surface area contributed by atoms with Gasteiger partial charge < -0.3 is 5.32 Å². The van der Waals surface area contributed by atoms with Crippen molar-refractivity contribution < 1.29 is 4.79 Å². The van der Waals surface area contributed by atoms with Crippen LogP contribution in [0.2, 0.25) is 0 Å². The maximum atomic E-state index is 12.6. The molecule has 6 heteroatoms. The largest absolute Gasteiger partial charge is 0.352 e. The van der Waals surface area contributed by atoms with Crippen LogP contribution >= 0.6 is 0 Å². The van der Waals surface area contributed by atoms with Crippen LogP contribution in [0.15, 0.2) is 35.4 Å². The fourth-order valence-electron chi connectivity index (χ4n) is 4.87. The monoisotopic (exact) mass is 396 g/mol. The molecule has 1 atom stereocenters. The molecular formula is C23H32N4O2. The Morgan fingerprint density at radius 3 is 2.69 bits per heavy atom. The Morgan fingerprint density at radius 1 is 1.07 bits per heavy atom. The number of para-hydroxylation sites is 1. The predicted octanol–water partition coefficient (Wildman–Crippen LogP) is 3.09. The molecule has 0 bridgehead atoms. The van der Waals surface area contributed by atoms with Crippen LogP contribution in [-0.4, -0.2) is 45.5 Å². The third kappa shape index (κ3) is 5.04. The summed E-state index contributed by atoms with van der Waals surface area (Å²) in [5, 5.41) is 3.81. The third-order valence-electron chi connectivity index (χ3n) is 6.47. The Labute approximate surface area is 172 Å². The topological polar surface area (TPSA) is 67.2 Å². The highest BCUT2D eigenvalue weighted by Gasteiger charge is 2.27. The zero-order valence-corrected chi connectivity index (χ0v) is 17.2. The second-order valence-corrected chi connectivity index (χ2v) is 8.56. The molecule has 0 unspecified atom stereocenters. The zero-order chi connectivity index (χ0) is 20.1. The molecule has 1 amide bonds. The predicted molar refractivity (Wildman–Crippen MR) is 115 cm³/mol. The molecule has 2 aromatic rings. The number of amides is 1. The number of carbonyl (C=O) groups is 1. The van der Waals surface area contributed by atoms with Crippen molar-refractivity contribution in [3.05, 3.63) is 40.9 Å². The molecule has 1 aromatic heterocycles. The molecule has 2 aliphatic rings. The molecule has 1 N–H and O–H groups in total. The Bertz CT molecular complexity index is 886. The lowest BCUT2D eigenvalue weighted by Gasteiger charge is -2.38. The van der Waals surface area contributed by atoms with Gasteiger partial charge >= 0.3 is 0 Å². The molecule has 1 aromatic carbocycles. The van der Waals surface area contributed by atoms with Crippen molar-refractivity contribution >= 4 is 16.8 Å². The summed E-state index contributed by atoms with van der Waals surface area (Å²) in [6.07, 6.45) is 12.1. The van der Waals surface area contributed by atoms with E-state index in [-0.39, 0.29) is 17.5 Å². The lowest BCUT2D eigenvalue weighted by Crippen LogP contribution is -2.51. The van der Waals surface area contributed by atoms with Gasteiger partial charge in [-0.3, -0.25) is 19.1 Å². The van der Waals surface area contributed by atoms with Gasteiger partial charge in [0.25, 0.3) is 5.56 Å². The molecule has 1 saturated heterocycles. The first-order chi connectivity index (χ1) is 14.2. The van der Waals surface area contributed by atoms with Gasteiger partial charge in [0.2, 0.25) is 5.91 Å². The lowest BCUT2D eigenvalue weighted by molar-refractivity contribution is -0.122. The van der Waals surface area contributed by atoms with Gasteiger partial charge in [-0.15, -0.1) is 0 Å².